The Bertz CT molecular complexity index is 599. The van der Waals surface area contributed by atoms with E-state index in [9.17, 15) is 0 Å². The zero-order valence-electron chi connectivity index (χ0n) is 12.9. The van der Waals surface area contributed by atoms with E-state index >= 15 is 0 Å². The van der Waals surface area contributed by atoms with E-state index < -0.39 is 0 Å². The lowest BCUT2D eigenvalue weighted by Crippen LogP contribution is -2.18. The van der Waals surface area contributed by atoms with Crippen molar-refractivity contribution in [3.05, 3.63) is 33.9 Å². The Labute approximate surface area is 130 Å². The summed E-state index contributed by atoms with van der Waals surface area (Å²) in [4.78, 5) is 12.8. The van der Waals surface area contributed by atoms with Crippen molar-refractivity contribution in [1.82, 2.24) is 9.97 Å². The Kier molecular flexibility index (Phi) is 4.10. The predicted octanol–water partition coefficient (Wildman–Crippen LogP) is 3.93. The summed E-state index contributed by atoms with van der Waals surface area (Å²) in [6, 6.07) is 4.43. The van der Waals surface area contributed by atoms with Crippen molar-refractivity contribution in [2.75, 3.05) is 23.3 Å². The predicted molar refractivity (Wildman–Crippen MR) is 89.3 cm³/mol. The van der Waals surface area contributed by atoms with Gasteiger partial charge in [-0.25, -0.2) is 9.97 Å². The minimum atomic E-state index is 0.203. The second kappa shape index (κ2) is 6.02. The zero-order valence-corrected chi connectivity index (χ0v) is 13.7. The molecule has 0 aromatic carbocycles. The molecule has 4 nitrogen and oxygen atoms in total. The van der Waals surface area contributed by atoms with Crippen LogP contribution in [0.2, 0.25) is 0 Å². The van der Waals surface area contributed by atoms with Gasteiger partial charge in [0.2, 0.25) is 0 Å². The van der Waals surface area contributed by atoms with Gasteiger partial charge in [0, 0.05) is 18.0 Å². The van der Waals surface area contributed by atoms with Crippen molar-refractivity contribution in [2.24, 2.45) is 0 Å². The number of rotatable bonds is 4. The molecule has 0 saturated carbocycles. The van der Waals surface area contributed by atoms with E-state index in [2.05, 4.69) is 53.1 Å². The summed E-state index contributed by atoms with van der Waals surface area (Å²) in [7, 11) is 0. The number of anilines is 2. The van der Waals surface area contributed by atoms with Crippen molar-refractivity contribution in [2.45, 2.75) is 39.7 Å². The molecule has 0 aliphatic carbocycles. The average molecular weight is 302 g/mol. The lowest BCUT2D eigenvalue weighted by molar-refractivity contribution is 0.835. The van der Waals surface area contributed by atoms with Gasteiger partial charge in [-0.2, -0.15) is 0 Å². The molecular weight excluding hydrogens is 280 g/mol. The molecule has 1 aliphatic heterocycles. The van der Waals surface area contributed by atoms with Crippen LogP contribution in [0.15, 0.2) is 18.3 Å². The first-order valence-electron chi connectivity index (χ1n) is 7.55. The number of nitrogens with zero attached hydrogens (tertiary/aromatic N) is 3. The third-order valence-electron chi connectivity index (χ3n) is 3.91. The quantitative estimate of drug-likeness (QED) is 0.929. The van der Waals surface area contributed by atoms with Gasteiger partial charge in [0.05, 0.1) is 28.6 Å². The molecule has 0 spiro atoms. The lowest BCUT2D eigenvalue weighted by Gasteiger charge is -2.18. The minimum Gasteiger partial charge on any atom is -0.376 e. The minimum absolute atomic E-state index is 0.203. The van der Waals surface area contributed by atoms with E-state index in [1.54, 1.807) is 11.3 Å². The largest absolute Gasteiger partial charge is 0.376 e. The summed E-state index contributed by atoms with van der Waals surface area (Å²) >= 11 is 1.75. The summed E-state index contributed by atoms with van der Waals surface area (Å²) in [5.74, 6) is 1.09. The number of hydrogen-bond acceptors (Lipinski definition) is 5. The monoisotopic (exact) mass is 302 g/mol. The van der Waals surface area contributed by atoms with Crippen LogP contribution in [0.5, 0.6) is 0 Å². The van der Waals surface area contributed by atoms with Gasteiger partial charge in [-0.1, -0.05) is 0 Å². The second-order valence-electron chi connectivity index (χ2n) is 5.64. The smallest absolute Gasteiger partial charge is 0.128 e. The fourth-order valence-electron chi connectivity index (χ4n) is 2.87. The van der Waals surface area contributed by atoms with E-state index in [4.69, 9.17) is 0 Å². The standard InChI is InChI=1S/C16H22N4S/c1-11(16-12(2)21-13(3)19-16)18-14-6-7-15(17-10-14)20-8-4-5-9-20/h6-7,10-11,18H,4-5,8-9H2,1-3H3. The molecule has 0 radical (unpaired) electrons. The SMILES string of the molecule is Cc1nc(C(C)Nc2ccc(N3CCCC3)nc2)c(C)s1. The number of nitrogens with one attached hydrogen (secondary N) is 1. The fraction of sp³-hybridized carbons (Fsp3) is 0.500. The highest BCUT2D eigenvalue weighted by Gasteiger charge is 2.15. The summed E-state index contributed by atoms with van der Waals surface area (Å²) < 4.78 is 0. The Hall–Kier alpha value is -1.62. The van der Waals surface area contributed by atoms with Crippen molar-refractivity contribution < 1.29 is 0 Å². The Morgan fingerprint density at radius 3 is 2.57 bits per heavy atom. The first-order valence-corrected chi connectivity index (χ1v) is 8.36. The Balaban J connectivity index is 1.68. The van der Waals surface area contributed by atoms with Crippen molar-refractivity contribution in [3.63, 3.8) is 0 Å². The zero-order chi connectivity index (χ0) is 14.8. The first kappa shape index (κ1) is 14.3. The van der Waals surface area contributed by atoms with E-state index in [0.29, 0.717) is 0 Å². The topological polar surface area (TPSA) is 41.1 Å². The Morgan fingerprint density at radius 2 is 2.00 bits per heavy atom. The van der Waals surface area contributed by atoms with Crippen LogP contribution in [-0.2, 0) is 0 Å². The van der Waals surface area contributed by atoms with Crippen molar-refractivity contribution in [3.8, 4) is 0 Å². The fourth-order valence-corrected chi connectivity index (χ4v) is 3.78. The third-order valence-corrected chi connectivity index (χ3v) is 4.81. The molecule has 1 atom stereocenters. The lowest BCUT2D eigenvalue weighted by atomic mass is 10.2. The molecule has 1 aliphatic rings. The summed E-state index contributed by atoms with van der Waals surface area (Å²) in [5, 5.41) is 4.62. The molecule has 1 saturated heterocycles. The van der Waals surface area contributed by atoms with Crippen molar-refractivity contribution in [1.29, 1.82) is 0 Å². The van der Waals surface area contributed by atoms with Crippen LogP contribution in [0.1, 0.15) is 41.4 Å². The highest BCUT2D eigenvalue weighted by atomic mass is 32.1. The summed E-state index contributed by atoms with van der Waals surface area (Å²) in [6.45, 7) is 8.60. The molecule has 1 fully saturated rings. The number of hydrogen-bond donors (Lipinski definition) is 1. The molecule has 5 heteroatoms. The number of aromatic nitrogens is 2. The third kappa shape index (κ3) is 3.18. The number of pyridine rings is 1. The normalized spacial score (nSPS) is 16.2. The van der Waals surface area contributed by atoms with Crippen LogP contribution in [-0.4, -0.2) is 23.1 Å². The number of aryl methyl sites for hydroxylation is 2. The molecule has 0 amide bonds. The highest BCUT2D eigenvalue weighted by Crippen LogP contribution is 2.26. The molecular formula is C16H22N4S. The van der Waals surface area contributed by atoms with Crippen LogP contribution < -0.4 is 10.2 Å². The molecule has 3 rings (SSSR count). The van der Waals surface area contributed by atoms with Gasteiger partial charge in [-0.3, -0.25) is 0 Å². The molecule has 112 valence electrons. The van der Waals surface area contributed by atoms with E-state index in [1.165, 1.54) is 17.7 Å². The van der Waals surface area contributed by atoms with Crippen LogP contribution in [0.25, 0.3) is 0 Å². The molecule has 3 heterocycles. The molecule has 1 unspecified atom stereocenters. The van der Waals surface area contributed by atoms with Crippen LogP contribution >= 0.6 is 11.3 Å². The second-order valence-corrected chi connectivity index (χ2v) is 7.05. The van der Waals surface area contributed by atoms with Gasteiger partial charge in [0.1, 0.15) is 5.82 Å². The maximum Gasteiger partial charge on any atom is 0.128 e. The van der Waals surface area contributed by atoms with Gasteiger partial charge in [0.15, 0.2) is 0 Å². The van der Waals surface area contributed by atoms with Gasteiger partial charge in [0.25, 0.3) is 0 Å². The summed E-state index contributed by atoms with van der Waals surface area (Å²) in [5.41, 5.74) is 2.19. The van der Waals surface area contributed by atoms with Crippen LogP contribution in [0.4, 0.5) is 11.5 Å². The first-order chi connectivity index (χ1) is 10.1. The maximum absolute atomic E-state index is 4.61. The van der Waals surface area contributed by atoms with Gasteiger partial charge < -0.3 is 10.2 Å². The van der Waals surface area contributed by atoms with Gasteiger partial charge in [-0.05, 0) is 45.7 Å². The van der Waals surface area contributed by atoms with E-state index in [-0.39, 0.29) is 6.04 Å². The van der Waals surface area contributed by atoms with E-state index in [0.717, 1.165) is 35.3 Å². The van der Waals surface area contributed by atoms with E-state index in [1.807, 2.05) is 6.20 Å². The van der Waals surface area contributed by atoms with Gasteiger partial charge in [-0.15, -0.1) is 11.3 Å². The van der Waals surface area contributed by atoms with Gasteiger partial charge >= 0.3 is 0 Å². The highest BCUT2D eigenvalue weighted by molar-refractivity contribution is 7.11. The van der Waals surface area contributed by atoms with Crippen LogP contribution in [0.3, 0.4) is 0 Å². The Morgan fingerprint density at radius 1 is 1.24 bits per heavy atom. The molecule has 0 bridgehead atoms. The maximum atomic E-state index is 4.61. The van der Waals surface area contributed by atoms with Crippen LogP contribution in [0, 0.1) is 13.8 Å². The average Bonchev–Trinajstić information content (AvgIpc) is 3.09. The molecule has 21 heavy (non-hydrogen) atoms. The number of thiazole rings is 1. The molecule has 2 aromatic rings. The summed E-state index contributed by atoms with van der Waals surface area (Å²) in [6.07, 6.45) is 4.49. The molecule has 2 aromatic heterocycles. The molecule has 1 N–H and O–H groups in total. The van der Waals surface area contributed by atoms with Crippen molar-refractivity contribution >= 4 is 22.8 Å².